The molecule has 0 unspecified atom stereocenters. The second kappa shape index (κ2) is 11.3. The van der Waals surface area contributed by atoms with E-state index in [1.807, 2.05) is 53.4 Å². The van der Waals surface area contributed by atoms with E-state index < -0.39 is 10.8 Å². The number of amides is 2. The lowest BCUT2D eigenvalue weighted by atomic mass is 10.1. The third-order valence-corrected chi connectivity index (χ3v) is 8.25. The maximum Gasteiger partial charge on any atom is 0.293 e. The molecule has 206 valence electrons. The van der Waals surface area contributed by atoms with Crippen LogP contribution >= 0.6 is 11.8 Å². The van der Waals surface area contributed by atoms with Crippen LogP contribution in [0.15, 0.2) is 59.5 Å². The van der Waals surface area contributed by atoms with Crippen molar-refractivity contribution in [2.75, 3.05) is 62.4 Å². The number of nitro benzene ring substituents is 1. The fraction of sp³-hybridized carbons (Fsp3) is 0.310. The van der Waals surface area contributed by atoms with Gasteiger partial charge in [-0.25, -0.2) is 0 Å². The number of ether oxygens (including phenoxy) is 2. The second-order valence-electron chi connectivity index (χ2n) is 9.81. The first-order chi connectivity index (χ1) is 19.5. The molecule has 3 aromatic carbocycles. The fourth-order valence-corrected chi connectivity index (χ4v) is 6.11. The van der Waals surface area contributed by atoms with Gasteiger partial charge in [0.25, 0.3) is 16.8 Å². The Morgan fingerprint density at radius 1 is 0.850 bits per heavy atom. The summed E-state index contributed by atoms with van der Waals surface area (Å²) in [5.74, 6) is -0.406. The molecule has 0 radical (unpaired) electrons. The zero-order valence-electron chi connectivity index (χ0n) is 21.8. The molecule has 3 aliphatic rings. The maximum atomic E-state index is 13.4. The van der Waals surface area contributed by atoms with Crippen LogP contribution in [0.4, 0.5) is 21.9 Å². The molecule has 3 heterocycles. The van der Waals surface area contributed by atoms with Crippen molar-refractivity contribution < 1.29 is 24.0 Å². The van der Waals surface area contributed by atoms with Gasteiger partial charge in [-0.2, -0.15) is 0 Å². The Kier molecular flexibility index (Phi) is 7.42. The number of hydrogen-bond acceptors (Lipinski definition) is 9. The van der Waals surface area contributed by atoms with E-state index in [2.05, 4.69) is 4.90 Å². The first-order valence-corrected chi connectivity index (χ1v) is 14.0. The van der Waals surface area contributed by atoms with Gasteiger partial charge in [-0.1, -0.05) is 36.4 Å². The van der Waals surface area contributed by atoms with Crippen LogP contribution in [0.25, 0.3) is 16.8 Å². The van der Waals surface area contributed by atoms with Gasteiger partial charge in [0.2, 0.25) is 0 Å². The Hall–Kier alpha value is -3.93. The van der Waals surface area contributed by atoms with Crippen LogP contribution in [0.5, 0.6) is 0 Å². The Balaban J connectivity index is 1.35. The van der Waals surface area contributed by atoms with Crippen LogP contribution in [0.2, 0.25) is 0 Å². The zero-order chi connectivity index (χ0) is 27.6. The molecule has 2 amide bonds. The monoisotopic (exact) mass is 560 g/mol. The lowest BCUT2D eigenvalue weighted by Gasteiger charge is -2.33. The topological polar surface area (TPSA) is 105 Å². The molecule has 0 saturated carbocycles. The normalized spacial score (nSPS) is 19.2. The number of hydrogen-bond donors (Lipinski definition) is 0. The molecule has 3 aliphatic heterocycles. The molecule has 0 aliphatic carbocycles. The van der Waals surface area contributed by atoms with Gasteiger partial charge < -0.3 is 19.3 Å². The molecule has 11 heteroatoms. The third kappa shape index (κ3) is 5.27. The number of rotatable bonds is 6. The van der Waals surface area contributed by atoms with Gasteiger partial charge >= 0.3 is 0 Å². The van der Waals surface area contributed by atoms with Crippen LogP contribution in [0.1, 0.15) is 11.1 Å². The van der Waals surface area contributed by atoms with Crippen LogP contribution in [-0.4, -0.2) is 73.6 Å². The number of carbonyl (C=O) groups excluding carboxylic acids is 2. The zero-order valence-corrected chi connectivity index (χ0v) is 22.6. The van der Waals surface area contributed by atoms with Gasteiger partial charge in [0.1, 0.15) is 5.69 Å². The van der Waals surface area contributed by atoms with Crippen LogP contribution in [0.3, 0.4) is 0 Å². The molecule has 3 aromatic rings. The number of benzene rings is 3. The Labute approximate surface area is 235 Å². The number of thioether (sulfide) groups is 1. The average molecular weight is 561 g/mol. The van der Waals surface area contributed by atoms with E-state index in [-0.39, 0.29) is 22.4 Å². The Morgan fingerprint density at radius 2 is 1.50 bits per heavy atom. The minimum Gasteiger partial charge on any atom is -0.378 e. The predicted molar refractivity (Wildman–Crippen MR) is 155 cm³/mol. The highest BCUT2D eigenvalue weighted by molar-refractivity contribution is 8.18. The predicted octanol–water partition coefficient (Wildman–Crippen LogP) is 4.66. The fourth-order valence-electron chi connectivity index (χ4n) is 5.28. The smallest absolute Gasteiger partial charge is 0.293 e. The van der Waals surface area contributed by atoms with Crippen molar-refractivity contribution in [3.63, 3.8) is 0 Å². The highest BCUT2D eigenvalue weighted by Gasteiger charge is 2.36. The van der Waals surface area contributed by atoms with Crippen LogP contribution in [-0.2, 0) is 20.8 Å². The van der Waals surface area contributed by atoms with Gasteiger partial charge in [-0.3, -0.25) is 24.6 Å². The summed E-state index contributed by atoms with van der Waals surface area (Å²) in [6, 6.07) is 17.1. The SMILES string of the molecule is O=C1S/C(=C\c2cc([N+](=O)[O-])c(N3CCOCC3)cc2N2CCOCC2)C(=O)N1Cc1ccc2ccccc2c1. The molecule has 0 N–H and O–H groups in total. The first-order valence-electron chi connectivity index (χ1n) is 13.2. The van der Waals surface area contributed by atoms with Gasteiger partial charge in [-0.15, -0.1) is 0 Å². The summed E-state index contributed by atoms with van der Waals surface area (Å²) in [7, 11) is 0. The Morgan fingerprint density at radius 3 is 2.17 bits per heavy atom. The third-order valence-electron chi connectivity index (χ3n) is 7.34. The van der Waals surface area contributed by atoms with Gasteiger partial charge in [0.05, 0.1) is 42.8 Å². The van der Waals surface area contributed by atoms with Crippen molar-refractivity contribution in [1.29, 1.82) is 0 Å². The van der Waals surface area contributed by atoms with Gasteiger partial charge in [0.15, 0.2) is 0 Å². The number of nitrogens with zero attached hydrogens (tertiary/aromatic N) is 4. The number of nitro groups is 1. The van der Waals surface area contributed by atoms with Gasteiger partial charge in [0, 0.05) is 43.5 Å². The molecular weight excluding hydrogens is 532 g/mol. The molecular formula is C29H28N4O6S. The van der Waals surface area contributed by atoms with E-state index in [4.69, 9.17) is 9.47 Å². The first kappa shape index (κ1) is 26.3. The number of morpholine rings is 2. The summed E-state index contributed by atoms with van der Waals surface area (Å²) >= 11 is 0.860. The lowest BCUT2D eigenvalue weighted by molar-refractivity contribution is -0.384. The van der Waals surface area contributed by atoms with E-state index in [0.29, 0.717) is 63.9 Å². The molecule has 0 spiro atoms. The Bertz CT molecular complexity index is 1510. The molecule has 0 bridgehead atoms. The van der Waals surface area contributed by atoms with Crippen molar-refractivity contribution in [3.8, 4) is 0 Å². The largest absolute Gasteiger partial charge is 0.378 e. The number of carbonyl (C=O) groups is 2. The molecule has 0 atom stereocenters. The van der Waals surface area contributed by atoms with E-state index in [1.54, 1.807) is 6.08 Å². The molecule has 6 rings (SSSR count). The van der Waals surface area contributed by atoms with Crippen molar-refractivity contribution in [1.82, 2.24) is 4.90 Å². The van der Waals surface area contributed by atoms with Crippen molar-refractivity contribution in [2.45, 2.75) is 6.54 Å². The molecule has 10 nitrogen and oxygen atoms in total. The summed E-state index contributed by atoms with van der Waals surface area (Å²) < 4.78 is 11.0. The molecule has 40 heavy (non-hydrogen) atoms. The second-order valence-corrected chi connectivity index (χ2v) is 10.8. The van der Waals surface area contributed by atoms with Crippen molar-refractivity contribution in [2.24, 2.45) is 0 Å². The lowest BCUT2D eigenvalue weighted by Crippen LogP contribution is -2.38. The summed E-state index contributed by atoms with van der Waals surface area (Å²) in [4.78, 5) is 43.7. The minimum atomic E-state index is -0.406. The summed E-state index contributed by atoms with van der Waals surface area (Å²) in [6.45, 7) is 4.55. The van der Waals surface area contributed by atoms with E-state index in [1.165, 1.54) is 11.0 Å². The maximum absolute atomic E-state index is 13.4. The van der Waals surface area contributed by atoms with E-state index >= 15 is 0 Å². The molecule has 0 aromatic heterocycles. The minimum absolute atomic E-state index is 0.0412. The molecule has 3 saturated heterocycles. The highest BCUT2D eigenvalue weighted by Crippen LogP contribution is 2.40. The quantitative estimate of drug-likeness (QED) is 0.242. The summed E-state index contributed by atoms with van der Waals surface area (Å²) in [5, 5.41) is 13.9. The van der Waals surface area contributed by atoms with Gasteiger partial charge in [-0.05, 0) is 46.3 Å². The van der Waals surface area contributed by atoms with Crippen LogP contribution < -0.4 is 9.80 Å². The van der Waals surface area contributed by atoms with Crippen molar-refractivity contribution in [3.05, 3.63) is 80.7 Å². The van der Waals surface area contributed by atoms with Crippen LogP contribution in [0, 0.1) is 10.1 Å². The van der Waals surface area contributed by atoms with E-state index in [9.17, 15) is 19.7 Å². The standard InChI is InChI=1S/C29H28N4O6S/c34-28-27(40-29(35)32(28)19-20-5-6-21-3-1-2-4-22(21)15-20)17-23-16-26(33(36)37)25(31-9-13-39-14-10-31)18-24(23)30-7-11-38-12-8-30/h1-6,15-18H,7-14,19H2/b27-17-. The number of fused-ring (bicyclic) bond motifs is 1. The molecule has 3 fully saturated rings. The highest BCUT2D eigenvalue weighted by atomic mass is 32.2. The number of imide groups is 1. The summed E-state index contributed by atoms with van der Waals surface area (Å²) in [5.41, 5.74) is 2.64. The average Bonchev–Trinajstić information content (AvgIpc) is 3.25. The number of anilines is 2. The van der Waals surface area contributed by atoms with Crippen molar-refractivity contribution >= 4 is 56.8 Å². The summed E-state index contributed by atoms with van der Waals surface area (Å²) in [6.07, 6.45) is 1.62. The van der Waals surface area contributed by atoms with E-state index in [0.717, 1.165) is 33.8 Å².